The Labute approximate surface area is 175 Å². The van der Waals surface area contributed by atoms with Crippen LogP contribution in [-0.4, -0.2) is 31.3 Å². The highest BCUT2D eigenvalue weighted by Gasteiger charge is 2.31. The van der Waals surface area contributed by atoms with Crippen LogP contribution in [0.15, 0.2) is 48.5 Å². The summed E-state index contributed by atoms with van der Waals surface area (Å²) in [7, 11) is 0. The minimum atomic E-state index is -4.75. The van der Waals surface area contributed by atoms with E-state index in [1.165, 1.54) is 0 Å². The molecule has 174 valence electrons. The van der Waals surface area contributed by atoms with E-state index in [1.807, 2.05) is 0 Å². The van der Waals surface area contributed by atoms with Crippen LogP contribution in [0.5, 0.6) is 11.5 Å². The average molecular weight is 472 g/mol. The van der Waals surface area contributed by atoms with Gasteiger partial charge in [0.1, 0.15) is 11.5 Å². The molecule has 12 heteroatoms. The molecule has 0 heterocycles. The lowest BCUT2D eigenvalue weighted by Crippen LogP contribution is -2.21. The van der Waals surface area contributed by atoms with Gasteiger partial charge in [0, 0.05) is 0 Å². The van der Waals surface area contributed by atoms with Crippen LogP contribution in [0.2, 0.25) is 0 Å². The molecule has 2 aromatic rings. The second-order valence-electron chi connectivity index (χ2n) is 6.28. The lowest BCUT2D eigenvalue weighted by atomic mass is 10.1. The smallest absolute Gasteiger partial charge is 0.422 e. The zero-order valence-corrected chi connectivity index (χ0v) is 15.7. The van der Waals surface area contributed by atoms with Crippen molar-refractivity contribution >= 4 is 11.9 Å². The van der Waals surface area contributed by atoms with E-state index in [0.717, 1.165) is 54.6 Å². The molecule has 2 aromatic carbocycles. The van der Waals surface area contributed by atoms with Crippen molar-refractivity contribution in [2.45, 2.75) is 18.5 Å². The van der Waals surface area contributed by atoms with E-state index >= 15 is 0 Å². The number of ether oxygens (including phenoxy) is 2. The van der Waals surface area contributed by atoms with Crippen molar-refractivity contribution in [1.29, 1.82) is 0 Å². The fourth-order valence-corrected chi connectivity index (χ4v) is 2.29. The number of carbonyl (C=O) groups is 1. The van der Waals surface area contributed by atoms with Gasteiger partial charge in [-0.3, -0.25) is 4.79 Å². The van der Waals surface area contributed by atoms with Crippen molar-refractivity contribution in [3.8, 4) is 11.5 Å². The van der Waals surface area contributed by atoms with Gasteiger partial charge in [-0.15, -0.1) is 0 Å². The fourth-order valence-electron chi connectivity index (χ4n) is 2.29. The van der Waals surface area contributed by atoms with Crippen LogP contribution in [0.1, 0.15) is 21.5 Å². The van der Waals surface area contributed by atoms with E-state index in [9.17, 15) is 44.3 Å². The van der Waals surface area contributed by atoms with Crippen LogP contribution in [0.4, 0.5) is 39.5 Å². The molecule has 0 spiro atoms. The maximum Gasteiger partial charge on any atom is 0.422 e. The molecule has 0 unspecified atom stereocenters. The first kappa shape index (κ1) is 25.1. The van der Waals surface area contributed by atoms with Crippen LogP contribution < -0.4 is 9.47 Å². The lowest BCUT2D eigenvalue weighted by Gasteiger charge is -2.14. The van der Waals surface area contributed by atoms with Gasteiger partial charge in [-0.2, -0.15) is 39.5 Å². The number of benzene rings is 2. The quantitative estimate of drug-likeness (QED) is 0.263. The normalized spacial score (nSPS) is 12.8. The molecule has 0 atom stereocenters. The molecule has 32 heavy (non-hydrogen) atoms. The summed E-state index contributed by atoms with van der Waals surface area (Å²) in [5.41, 5.74) is -1.30. The second-order valence-corrected chi connectivity index (χ2v) is 6.28. The molecular formula is C20H13F9O3. The van der Waals surface area contributed by atoms with Gasteiger partial charge < -0.3 is 9.47 Å². The largest absolute Gasteiger partial charge is 0.484 e. The fraction of sp³-hybridized carbons (Fsp3) is 0.250. The molecule has 0 saturated carbocycles. The van der Waals surface area contributed by atoms with E-state index in [-0.39, 0.29) is 5.56 Å². The zero-order valence-electron chi connectivity index (χ0n) is 15.7. The van der Waals surface area contributed by atoms with Crippen LogP contribution in [-0.2, 0) is 6.18 Å². The SMILES string of the molecule is O=C(/C=C/c1ccc(C(F)(F)F)cc1)c1cc(OCC(F)(F)F)ccc1OCC(F)(F)F. The van der Waals surface area contributed by atoms with Crippen molar-refractivity contribution in [2.24, 2.45) is 0 Å². The van der Waals surface area contributed by atoms with Gasteiger partial charge in [-0.1, -0.05) is 18.2 Å². The Kier molecular flexibility index (Phi) is 7.47. The number of rotatable bonds is 7. The summed E-state index contributed by atoms with van der Waals surface area (Å²) in [4.78, 5) is 12.4. The molecule has 0 aromatic heterocycles. The Morgan fingerprint density at radius 3 is 1.88 bits per heavy atom. The molecule has 3 nitrogen and oxygen atoms in total. The van der Waals surface area contributed by atoms with E-state index in [1.54, 1.807) is 0 Å². The van der Waals surface area contributed by atoms with Crippen molar-refractivity contribution in [3.63, 3.8) is 0 Å². The van der Waals surface area contributed by atoms with Crippen LogP contribution in [0, 0.1) is 0 Å². The monoisotopic (exact) mass is 472 g/mol. The minimum Gasteiger partial charge on any atom is -0.484 e. The van der Waals surface area contributed by atoms with Crippen molar-refractivity contribution in [2.75, 3.05) is 13.2 Å². The summed E-state index contributed by atoms with van der Waals surface area (Å²) in [6.45, 7) is -3.47. The first-order valence-corrected chi connectivity index (χ1v) is 8.57. The molecule has 0 radical (unpaired) electrons. The summed E-state index contributed by atoms with van der Waals surface area (Å²) in [6, 6.07) is 6.13. The number of hydrogen-bond acceptors (Lipinski definition) is 3. The van der Waals surface area contributed by atoms with Crippen LogP contribution >= 0.6 is 0 Å². The molecule has 0 saturated heterocycles. The predicted octanol–water partition coefficient (Wildman–Crippen LogP) is 6.48. The summed E-state index contributed by atoms with van der Waals surface area (Å²) in [5, 5.41) is 0. The highest BCUT2D eigenvalue weighted by Crippen LogP contribution is 2.30. The van der Waals surface area contributed by atoms with Gasteiger partial charge in [0.25, 0.3) is 0 Å². The molecular weight excluding hydrogens is 459 g/mol. The van der Waals surface area contributed by atoms with Crippen molar-refractivity contribution in [3.05, 3.63) is 65.2 Å². The average Bonchev–Trinajstić information content (AvgIpc) is 2.67. The molecule has 0 aliphatic carbocycles. The Hall–Kier alpha value is -3.18. The third-order valence-corrected chi connectivity index (χ3v) is 3.68. The Morgan fingerprint density at radius 2 is 1.34 bits per heavy atom. The van der Waals surface area contributed by atoms with Gasteiger partial charge in [0.15, 0.2) is 19.0 Å². The maximum atomic E-state index is 12.6. The molecule has 2 rings (SSSR count). The van der Waals surface area contributed by atoms with Gasteiger partial charge in [-0.25, -0.2) is 0 Å². The molecule has 0 bridgehead atoms. The number of carbonyl (C=O) groups excluding carboxylic acids is 1. The first-order chi connectivity index (χ1) is 14.6. The maximum absolute atomic E-state index is 12.6. The Balaban J connectivity index is 2.27. The van der Waals surface area contributed by atoms with Crippen molar-refractivity contribution in [1.82, 2.24) is 0 Å². The molecule has 0 aliphatic heterocycles. The predicted molar refractivity (Wildman–Crippen MR) is 94.4 cm³/mol. The summed E-state index contributed by atoms with van der Waals surface area (Å²) >= 11 is 0. The Morgan fingerprint density at radius 1 is 0.781 bits per heavy atom. The topological polar surface area (TPSA) is 35.5 Å². The van der Waals surface area contributed by atoms with Gasteiger partial charge >= 0.3 is 18.5 Å². The third kappa shape index (κ3) is 8.16. The molecule has 0 amide bonds. The van der Waals surface area contributed by atoms with Gasteiger partial charge in [0.2, 0.25) is 0 Å². The number of ketones is 1. The summed E-state index contributed by atoms with van der Waals surface area (Å²) < 4.78 is 121. The summed E-state index contributed by atoms with van der Waals surface area (Å²) in [5.74, 6) is -1.99. The van der Waals surface area contributed by atoms with Crippen LogP contribution in [0.3, 0.4) is 0 Å². The molecule has 0 fully saturated rings. The highest BCUT2D eigenvalue weighted by molar-refractivity contribution is 6.08. The number of halogens is 9. The third-order valence-electron chi connectivity index (χ3n) is 3.68. The van der Waals surface area contributed by atoms with E-state index in [0.29, 0.717) is 0 Å². The number of hydrogen-bond donors (Lipinski definition) is 0. The highest BCUT2D eigenvalue weighted by atomic mass is 19.4. The summed E-state index contributed by atoms with van der Waals surface area (Å²) in [6.07, 6.45) is -12.1. The molecule has 0 aliphatic rings. The van der Waals surface area contributed by atoms with Crippen LogP contribution in [0.25, 0.3) is 6.08 Å². The van der Waals surface area contributed by atoms with E-state index in [4.69, 9.17) is 0 Å². The Bertz CT molecular complexity index is 956. The zero-order chi connectivity index (χ0) is 24.2. The lowest BCUT2D eigenvalue weighted by molar-refractivity contribution is -0.154. The minimum absolute atomic E-state index is 0.161. The second kappa shape index (κ2) is 9.53. The first-order valence-electron chi connectivity index (χ1n) is 8.57. The molecule has 0 N–H and O–H groups in total. The van der Waals surface area contributed by atoms with Gasteiger partial charge in [-0.05, 0) is 42.0 Å². The van der Waals surface area contributed by atoms with E-state index in [2.05, 4.69) is 9.47 Å². The standard InChI is InChI=1S/C20H13F9O3/c21-18(22,23)10-31-14-6-8-17(32-11-19(24,25)26)15(9-14)16(30)7-3-12-1-4-13(5-2-12)20(27,28)29/h1-9H,10-11H2/b7-3+. The number of alkyl halides is 9. The number of allylic oxidation sites excluding steroid dienone is 1. The van der Waals surface area contributed by atoms with E-state index < -0.39 is 60.2 Å². The van der Waals surface area contributed by atoms with Crippen molar-refractivity contribution < 1.29 is 53.8 Å². The van der Waals surface area contributed by atoms with Gasteiger partial charge in [0.05, 0.1) is 11.1 Å².